The Labute approximate surface area is 72.0 Å². The van der Waals surface area contributed by atoms with E-state index in [9.17, 15) is 0 Å². The van der Waals surface area contributed by atoms with Crippen molar-refractivity contribution in [3.8, 4) is 0 Å². The van der Waals surface area contributed by atoms with E-state index in [1.807, 2.05) is 13.2 Å². The molecule has 0 amide bonds. The molecule has 0 spiro atoms. The number of rotatable bonds is 1. The van der Waals surface area contributed by atoms with Crippen LogP contribution in [0.1, 0.15) is 37.3 Å². The van der Waals surface area contributed by atoms with Crippen LogP contribution >= 0.6 is 0 Å². The second-order valence-corrected chi connectivity index (χ2v) is 4.20. The number of hydrogen-bond donors (Lipinski definition) is 0. The van der Waals surface area contributed by atoms with Crippen LogP contribution in [0.2, 0.25) is 0 Å². The van der Waals surface area contributed by atoms with Crippen molar-refractivity contribution in [2.45, 2.75) is 38.0 Å². The minimum Gasteiger partial charge on any atom is -0.449 e. The topological polar surface area (TPSA) is 26.0 Å². The van der Waals surface area contributed by atoms with Crippen molar-refractivity contribution in [1.82, 2.24) is 4.98 Å². The number of aromatic nitrogens is 1. The highest BCUT2D eigenvalue weighted by Crippen LogP contribution is 2.63. The van der Waals surface area contributed by atoms with E-state index < -0.39 is 0 Å². The van der Waals surface area contributed by atoms with Crippen molar-refractivity contribution >= 4 is 0 Å². The van der Waals surface area contributed by atoms with Gasteiger partial charge in [0, 0.05) is 12.3 Å². The van der Waals surface area contributed by atoms with E-state index >= 15 is 0 Å². The Morgan fingerprint density at radius 1 is 1.67 bits per heavy atom. The summed E-state index contributed by atoms with van der Waals surface area (Å²) in [7, 11) is 0. The van der Waals surface area contributed by atoms with Gasteiger partial charge >= 0.3 is 0 Å². The van der Waals surface area contributed by atoms with Crippen molar-refractivity contribution in [3.05, 3.63) is 17.8 Å². The largest absolute Gasteiger partial charge is 0.449 e. The summed E-state index contributed by atoms with van der Waals surface area (Å²) < 4.78 is 5.26. The lowest BCUT2D eigenvalue weighted by molar-refractivity contribution is 0.518. The van der Waals surface area contributed by atoms with Crippen LogP contribution in [0, 0.1) is 12.8 Å². The molecule has 2 aliphatic carbocycles. The van der Waals surface area contributed by atoms with E-state index in [4.69, 9.17) is 4.42 Å². The number of oxazole rings is 1. The first-order valence-electron chi connectivity index (χ1n) is 4.74. The van der Waals surface area contributed by atoms with E-state index in [-0.39, 0.29) is 0 Å². The highest BCUT2D eigenvalue weighted by molar-refractivity contribution is 5.28. The minimum absolute atomic E-state index is 0.470. The van der Waals surface area contributed by atoms with Crippen LogP contribution in [0.15, 0.2) is 10.7 Å². The maximum atomic E-state index is 5.26. The molecule has 2 heteroatoms. The molecule has 2 fully saturated rings. The first-order valence-corrected chi connectivity index (χ1v) is 4.74. The van der Waals surface area contributed by atoms with Gasteiger partial charge in [0.2, 0.25) is 0 Å². The van der Waals surface area contributed by atoms with Gasteiger partial charge in [-0.25, -0.2) is 4.98 Å². The van der Waals surface area contributed by atoms with Crippen molar-refractivity contribution in [2.75, 3.05) is 0 Å². The molecule has 2 unspecified atom stereocenters. The number of fused-ring (bicyclic) bond motifs is 1. The molecule has 3 rings (SSSR count). The summed E-state index contributed by atoms with van der Waals surface area (Å²) in [6, 6.07) is 0. The monoisotopic (exact) mass is 163 g/mol. The van der Waals surface area contributed by atoms with Crippen molar-refractivity contribution < 1.29 is 4.42 Å². The maximum Gasteiger partial charge on any atom is 0.191 e. The third-order valence-corrected chi connectivity index (χ3v) is 3.54. The van der Waals surface area contributed by atoms with Gasteiger partial charge in [-0.1, -0.05) is 6.42 Å². The van der Waals surface area contributed by atoms with Crippen LogP contribution in [0.4, 0.5) is 0 Å². The fraction of sp³-hybridized carbons (Fsp3) is 0.700. The summed E-state index contributed by atoms with van der Waals surface area (Å²) in [6.45, 7) is 1.92. The Balaban J connectivity index is 1.99. The van der Waals surface area contributed by atoms with E-state index in [1.165, 1.54) is 31.4 Å². The van der Waals surface area contributed by atoms with Crippen molar-refractivity contribution in [1.29, 1.82) is 0 Å². The Morgan fingerprint density at radius 2 is 2.58 bits per heavy atom. The van der Waals surface area contributed by atoms with E-state index in [0.29, 0.717) is 5.41 Å². The third kappa shape index (κ3) is 0.680. The summed E-state index contributed by atoms with van der Waals surface area (Å²) >= 11 is 0. The van der Waals surface area contributed by atoms with Crippen LogP contribution < -0.4 is 0 Å². The minimum atomic E-state index is 0.470. The molecule has 1 heterocycles. The molecule has 1 aromatic rings. The summed E-state index contributed by atoms with van der Waals surface area (Å²) in [5, 5.41) is 0. The summed E-state index contributed by atoms with van der Waals surface area (Å²) in [6.07, 6.45) is 7.35. The van der Waals surface area contributed by atoms with Gasteiger partial charge < -0.3 is 4.42 Å². The fourth-order valence-corrected chi connectivity index (χ4v) is 2.76. The van der Waals surface area contributed by atoms with Gasteiger partial charge in [-0.3, -0.25) is 0 Å². The Hall–Kier alpha value is -0.790. The molecule has 2 saturated carbocycles. The van der Waals surface area contributed by atoms with E-state index in [2.05, 4.69) is 4.98 Å². The van der Waals surface area contributed by atoms with Gasteiger partial charge in [-0.05, 0) is 25.2 Å². The number of hydrogen-bond acceptors (Lipinski definition) is 2. The van der Waals surface area contributed by atoms with Gasteiger partial charge in [-0.15, -0.1) is 0 Å². The molecule has 0 N–H and O–H groups in total. The second kappa shape index (κ2) is 1.93. The molecule has 0 saturated heterocycles. The summed E-state index contributed by atoms with van der Waals surface area (Å²) in [5.74, 6) is 1.75. The molecule has 2 nitrogen and oxygen atoms in total. The molecule has 64 valence electrons. The number of nitrogens with zero attached hydrogens (tertiary/aromatic N) is 1. The van der Waals surface area contributed by atoms with Gasteiger partial charge in [0.15, 0.2) is 5.89 Å². The average molecular weight is 163 g/mol. The summed E-state index contributed by atoms with van der Waals surface area (Å²) in [5.41, 5.74) is 1.69. The molecule has 0 radical (unpaired) electrons. The first kappa shape index (κ1) is 6.70. The molecular formula is C10H13NO. The molecule has 0 aliphatic heterocycles. The first-order chi connectivity index (χ1) is 5.81. The van der Waals surface area contributed by atoms with Gasteiger partial charge in [-0.2, -0.15) is 0 Å². The lowest BCUT2D eigenvalue weighted by Crippen LogP contribution is -2.05. The van der Waals surface area contributed by atoms with Crippen LogP contribution in [0.3, 0.4) is 0 Å². The Bertz CT molecular complexity index is 317. The van der Waals surface area contributed by atoms with Crippen LogP contribution in [-0.2, 0) is 5.41 Å². The van der Waals surface area contributed by atoms with Crippen LogP contribution in [-0.4, -0.2) is 4.98 Å². The van der Waals surface area contributed by atoms with Gasteiger partial charge in [0.25, 0.3) is 0 Å². The highest BCUT2D eigenvalue weighted by Gasteiger charge is 2.59. The Morgan fingerprint density at radius 3 is 3.08 bits per heavy atom. The predicted octanol–water partition coefficient (Wildman–Crippen LogP) is 2.42. The second-order valence-electron chi connectivity index (χ2n) is 4.20. The van der Waals surface area contributed by atoms with Gasteiger partial charge in [0.05, 0.1) is 5.69 Å². The van der Waals surface area contributed by atoms with Crippen molar-refractivity contribution in [2.24, 2.45) is 5.92 Å². The molecule has 0 bridgehead atoms. The molecule has 2 aliphatic rings. The fourth-order valence-electron chi connectivity index (χ4n) is 2.76. The molecule has 1 aromatic heterocycles. The quantitative estimate of drug-likeness (QED) is 0.635. The van der Waals surface area contributed by atoms with E-state index in [0.717, 1.165) is 11.8 Å². The third-order valence-electron chi connectivity index (χ3n) is 3.54. The zero-order valence-corrected chi connectivity index (χ0v) is 7.34. The lowest BCUT2D eigenvalue weighted by Gasteiger charge is -2.05. The maximum absolute atomic E-state index is 5.26. The highest BCUT2D eigenvalue weighted by atomic mass is 16.3. The zero-order valence-electron chi connectivity index (χ0n) is 7.34. The zero-order chi connectivity index (χ0) is 8.18. The standard InChI is InChI=1S/C10H13NO/c1-7-11-9(6-12-7)10-4-2-3-8(10)5-10/h6,8H,2-5H2,1H3. The molecule has 2 atom stereocenters. The average Bonchev–Trinajstić information content (AvgIpc) is 2.50. The smallest absolute Gasteiger partial charge is 0.191 e. The number of aryl methyl sites for hydroxylation is 1. The summed E-state index contributed by atoms with van der Waals surface area (Å²) in [4.78, 5) is 4.44. The molecular weight excluding hydrogens is 150 g/mol. The predicted molar refractivity (Wildman–Crippen MR) is 44.9 cm³/mol. The SMILES string of the molecule is Cc1nc(C23CCCC2C3)co1. The van der Waals surface area contributed by atoms with Crippen LogP contribution in [0.5, 0.6) is 0 Å². The van der Waals surface area contributed by atoms with Gasteiger partial charge in [0.1, 0.15) is 6.26 Å². The lowest BCUT2D eigenvalue weighted by atomic mass is 10.0. The van der Waals surface area contributed by atoms with Crippen molar-refractivity contribution in [3.63, 3.8) is 0 Å². The normalized spacial score (nSPS) is 38.2. The van der Waals surface area contributed by atoms with E-state index in [1.54, 1.807) is 0 Å². The molecule has 0 aromatic carbocycles. The molecule has 12 heavy (non-hydrogen) atoms. The Kier molecular flexibility index (Phi) is 1.07. The van der Waals surface area contributed by atoms with Crippen LogP contribution in [0.25, 0.3) is 0 Å².